The molecular formula is C20H22ClN3O2. The van der Waals surface area contributed by atoms with Gasteiger partial charge in [0.2, 0.25) is 0 Å². The predicted octanol–water partition coefficient (Wildman–Crippen LogP) is 3.24. The summed E-state index contributed by atoms with van der Waals surface area (Å²) in [4.78, 5) is 26.2. The number of halogens is 1. The molecule has 2 N–H and O–H groups in total. The fourth-order valence-corrected chi connectivity index (χ4v) is 3.19. The highest BCUT2D eigenvalue weighted by molar-refractivity contribution is 6.39. The maximum Gasteiger partial charge on any atom is 0.313 e. The molecule has 0 unspecified atom stereocenters. The molecule has 1 aliphatic rings. The van der Waals surface area contributed by atoms with Crippen molar-refractivity contribution < 1.29 is 9.59 Å². The first-order valence-electron chi connectivity index (χ1n) is 8.80. The summed E-state index contributed by atoms with van der Waals surface area (Å²) in [6.45, 7) is 2.65. The lowest BCUT2D eigenvalue weighted by atomic mass is 10.1. The van der Waals surface area contributed by atoms with Crippen molar-refractivity contribution in [3.05, 3.63) is 59.1 Å². The van der Waals surface area contributed by atoms with Crippen molar-refractivity contribution in [1.82, 2.24) is 5.32 Å². The Morgan fingerprint density at radius 2 is 1.73 bits per heavy atom. The standard InChI is InChI=1S/C20H22ClN3O2/c21-16-4-3-5-17(14-16)23-20(26)19(25)22-11-10-15-6-8-18(9-7-15)24-12-1-2-13-24/h3-9,14H,1-2,10-13H2,(H,22,25)(H,23,26). The number of rotatable bonds is 5. The highest BCUT2D eigenvalue weighted by Gasteiger charge is 2.14. The lowest BCUT2D eigenvalue weighted by Crippen LogP contribution is -2.36. The van der Waals surface area contributed by atoms with Crippen LogP contribution in [0.3, 0.4) is 0 Å². The average Bonchev–Trinajstić information content (AvgIpc) is 3.17. The van der Waals surface area contributed by atoms with Gasteiger partial charge in [-0.1, -0.05) is 29.8 Å². The minimum absolute atomic E-state index is 0.408. The van der Waals surface area contributed by atoms with Gasteiger partial charge in [-0.15, -0.1) is 0 Å². The number of hydrogen-bond acceptors (Lipinski definition) is 3. The molecule has 136 valence electrons. The molecule has 26 heavy (non-hydrogen) atoms. The Morgan fingerprint density at radius 3 is 2.42 bits per heavy atom. The average molecular weight is 372 g/mol. The zero-order valence-corrected chi connectivity index (χ0v) is 15.3. The van der Waals surface area contributed by atoms with Gasteiger partial charge in [0.25, 0.3) is 0 Å². The Labute approximate surface area is 158 Å². The van der Waals surface area contributed by atoms with Crippen LogP contribution in [0, 0.1) is 0 Å². The van der Waals surface area contributed by atoms with Gasteiger partial charge in [0, 0.05) is 36.0 Å². The molecule has 0 radical (unpaired) electrons. The molecule has 1 heterocycles. The van der Waals surface area contributed by atoms with E-state index in [2.05, 4.69) is 39.8 Å². The molecule has 0 aromatic heterocycles. The van der Waals surface area contributed by atoms with Crippen LogP contribution < -0.4 is 15.5 Å². The molecule has 3 rings (SSSR count). The van der Waals surface area contributed by atoms with Gasteiger partial charge in [0.1, 0.15) is 0 Å². The maximum atomic E-state index is 11.9. The SMILES string of the molecule is O=C(NCCc1ccc(N2CCCC2)cc1)C(=O)Nc1cccc(Cl)c1. The molecule has 0 aliphatic carbocycles. The van der Waals surface area contributed by atoms with Crippen molar-refractivity contribution in [3.8, 4) is 0 Å². The lowest BCUT2D eigenvalue weighted by Gasteiger charge is -2.17. The molecule has 1 aliphatic heterocycles. The quantitative estimate of drug-likeness (QED) is 0.793. The van der Waals surface area contributed by atoms with E-state index in [-0.39, 0.29) is 0 Å². The summed E-state index contributed by atoms with van der Waals surface area (Å²) < 4.78 is 0. The molecule has 6 heteroatoms. The zero-order chi connectivity index (χ0) is 18.4. The fraction of sp³-hybridized carbons (Fsp3) is 0.300. The molecule has 0 saturated carbocycles. The van der Waals surface area contributed by atoms with E-state index in [9.17, 15) is 9.59 Å². The van der Waals surface area contributed by atoms with Crippen LogP contribution >= 0.6 is 11.6 Å². The number of anilines is 2. The highest BCUT2D eigenvalue weighted by Crippen LogP contribution is 2.20. The van der Waals surface area contributed by atoms with Crippen LogP contribution in [0.25, 0.3) is 0 Å². The minimum Gasteiger partial charge on any atom is -0.372 e. The van der Waals surface area contributed by atoms with Crippen molar-refractivity contribution in [2.24, 2.45) is 0 Å². The van der Waals surface area contributed by atoms with E-state index in [0.717, 1.165) is 18.7 Å². The van der Waals surface area contributed by atoms with Crippen LogP contribution in [0.15, 0.2) is 48.5 Å². The maximum absolute atomic E-state index is 11.9. The van der Waals surface area contributed by atoms with Crippen LogP contribution in [-0.4, -0.2) is 31.4 Å². The number of carbonyl (C=O) groups is 2. The van der Waals surface area contributed by atoms with Crippen LogP contribution in [0.1, 0.15) is 18.4 Å². The summed E-state index contributed by atoms with van der Waals surface area (Å²) in [5, 5.41) is 5.67. The first kappa shape index (κ1) is 18.3. The molecule has 2 amide bonds. The molecule has 1 fully saturated rings. The topological polar surface area (TPSA) is 61.4 Å². The monoisotopic (exact) mass is 371 g/mol. The van der Waals surface area contributed by atoms with Gasteiger partial charge in [-0.25, -0.2) is 0 Å². The summed E-state index contributed by atoms with van der Waals surface area (Å²) in [6.07, 6.45) is 3.19. The van der Waals surface area contributed by atoms with Crippen LogP contribution in [0.2, 0.25) is 5.02 Å². The molecule has 1 saturated heterocycles. The molecule has 0 atom stereocenters. The van der Waals surface area contributed by atoms with E-state index >= 15 is 0 Å². The van der Waals surface area contributed by atoms with E-state index in [1.165, 1.54) is 18.5 Å². The van der Waals surface area contributed by atoms with Gasteiger partial charge in [-0.3, -0.25) is 9.59 Å². The number of nitrogens with one attached hydrogen (secondary N) is 2. The Hall–Kier alpha value is -2.53. The summed E-state index contributed by atoms with van der Waals surface area (Å²) in [5.41, 5.74) is 2.87. The summed E-state index contributed by atoms with van der Waals surface area (Å²) in [5.74, 6) is -1.35. The number of nitrogens with zero attached hydrogens (tertiary/aromatic N) is 1. The summed E-state index contributed by atoms with van der Waals surface area (Å²) in [7, 11) is 0. The lowest BCUT2D eigenvalue weighted by molar-refractivity contribution is -0.136. The summed E-state index contributed by atoms with van der Waals surface area (Å²) in [6, 6.07) is 15.1. The largest absolute Gasteiger partial charge is 0.372 e. The Kier molecular flexibility index (Phi) is 6.12. The van der Waals surface area contributed by atoms with Crippen LogP contribution in [0.5, 0.6) is 0 Å². The smallest absolute Gasteiger partial charge is 0.313 e. The molecule has 0 spiro atoms. The van der Waals surface area contributed by atoms with Gasteiger partial charge in [0.05, 0.1) is 0 Å². The van der Waals surface area contributed by atoms with E-state index in [1.807, 2.05) is 0 Å². The van der Waals surface area contributed by atoms with Gasteiger partial charge < -0.3 is 15.5 Å². The molecule has 5 nitrogen and oxygen atoms in total. The number of carbonyl (C=O) groups excluding carboxylic acids is 2. The normalized spacial score (nSPS) is 13.5. The Bertz CT molecular complexity index is 771. The van der Waals surface area contributed by atoms with Gasteiger partial charge in [0.15, 0.2) is 0 Å². The Morgan fingerprint density at radius 1 is 1.00 bits per heavy atom. The van der Waals surface area contributed by atoms with Crippen molar-refractivity contribution >= 4 is 34.8 Å². The van der Waals surface area contributed by atoms with Crippen molar-refractivity contribution in [1.29, 1.82) is 0 Å². The second-order valence-electron chi connectivity index (χ2n) is 6.33. The predicted molar refractivity (Wildman–Crippen MR) is 105 cm³/mol. The van der Waals surface area contributed by atoms with E-state index in [4.69, 9.17) is 11.6 Å². The molecule has 2 aromatic rings. The summed E-state index contributed by atoms with van der Waals surface area (Å²) >= 11 is 5.86. The van der Waals surface area contributed by atoms with Crippen molar-refractivity contribution in [2.45, 2.75) is 19.3 Å². The fourth-order valence-electron chi connectivity index (χ4n) is 3.00. The Balaban J connectivity index is 1.43. The van der Waals surface area contributed by atoms with Gasteiger partial charge in [-0.05, 0) is 55.2 Å². The molecular weight excluding hydrogens is 350 g/mol. The van der Waals surface area contributed by atoms with Gasteiger partial charge in [-0.2, -0.15) is 0 Å². The third-order valence-corrected chi connectivity index (χ3v) is 4.63. The third kappa shape index (κ3) is 4.99. The molecule has 0 bridgehead atoms. The van der Waals surface area contributed by atoms with E-state index in [1.54, 1.807) is 24.3 Å². The van der Waals surface area contributed by atoms with E-state index in [0.29, 0.717) is 23.7 Å². The second-order valence-corrected chi connectivity index (χ2v) is 6.77. The second kappa shape index (κ2) is 8.72. The zero-order valence-electron chi connectivity index (χ0n) is 14.5. The minimum atomic E-state index is -0.698. The van der Waals surface area contributed by atoms with Crippen molar-refractivity contribution in [3.63, 3.8) is 0 Å². The van der Waals surface area contributed by atoms with Crippen molar-refractivity contribution in [2.75, 3.05) is 29.9 Å². The highest BCUT2D eigenvalue weighted by atomic mass is 35.5. The van der Waals surface area contributed by atoms with Crippen LogP contribution in [0.4, 0.5) is 11.4 Å². The number of amides is 2. The number of benzene rings is 2. The first-order chi connectivity index (χ1) is 12.6. The van der Waals surface area contributed by atoms with Gasteiger partial charge >= 0.3 is 11.8 Å². The first-order valence-corrected chi connectivity index (χ1v) is 9.18. The molecule has 2 aromatic carbocycles. The third-order valence-electron chi connectivity index (χ3n) is 4.40. The van der Waals surface area contributed by atoms with E-state index < -0.39 is 11.8 Å². The number of hydrogen-bond donors (Lipinski definition) is 2. The van der Waals surface area contributed by atoms with Crippen LogP contribution in [-0.2, 0) is 16.0 Å².